The van der Waals surface area contributed by atoms with Gasteiger partial charge in [0, 0.05) is 12.6 Å². The molecule has 1 aliphatic heterocycles. The fourth-order valence-corrected chi connectivity index (χ4v) is 2.75. The lowest BCUT2D eigenvalue weighted by Crippen LogP contribution is -2.46. The number of aromatic carboxylic acids is 1. The molecule has 0 amide bonds. The largest absolute Gasteiger partial charge is 0.478 e. The summed E-state index contributed by atoms with van der Waals surface area (Å²) >= 11 is 0. The SMILES string of the molecule is CCOC(=O)C1CCCCN1c1ccc(C(=O)O)cc1[N+](=O)[O-]. The van der Waals surface area contributed by atoms with Crippen molar-refractivity contribution in [3.8, 4) is 0 Å². The van der Waals surface area contributed by atoms with Crippen LogP contribution >= 0.6 is 0 Å². The number of piperidine rings is 1. The molecule has 1 aromatic carbocycles. The van der Waals surface area contributed by atoms with Gasteiger partial charge in [0.05, 0.1) is 17.1 Å². The lowest BCUT2D eigenvalue weighted by atomic mass is 10.00. The Labute approximate surface area is 132 Å². The number of hydrogen-bond acceptors (Lipinski definition) is 6. The highest BCUT2D eigenvalue weighted by Gasteiger charge is 2.33. The molecule has 1 fully saturated rings. The molecule has 0 bridgehead atoms. The summed E-state index contributed by atoms with van der Waals surface area (Å²) in [4.78, 5) is 35.5. The Morgan fingerprint density at radius 2 is 2.17 bits per heavy atom. The lowest BCUT2D eigenvalue weighted by Gasteiger charge is -2.35. The predicted octanol–water partition coefficient (Wildman–Crippen LogP) is 2.21. The van der Waals surface area contributed by atoms with Crippen molar-refractivity contribution in [3.05, 3.63) is 33.9 Å². The molecule has 2 rings (SSSR count). The molecule has 1 unspecified atom stereocenters. The summed E-state index contributed by atoms with van der Waals surface area (Å²) in [6.07, 6.45) is 2.19. The van der Waals surface area contributed by atoms with Crippen molar-refractivity contribution in [2.45, 2.75) is 32.2 Å². The van der Waals surface area contributed by atoms with Crippen molar-refractivity contribution < 1.29 is 24.4 Å². The van der Waals surface area contributed by atoms with Crippen molar-refractivity contribution in [3.63, 3.8) is 0 Å². The third kappa shape index (κ3) is 3.58. The number of esters is 1. The van der Waals surface area contributed by atoms with E-state index >= 15 is 0 Å². The topological polar surface area (TPSA) is 110 Å². The number of hydrogen-bond donors (Lipinski definition) is 1. The minimum atomic E-state index is -1.24. The van der Waals surface area contributed by atoms with Crippen LogP contribution in [0.4, 0.5) is 11.4 Å². The Hall–Kier alpha value is -2.64. The van der Waals surface area contributed by atoms with Gasteiger partial charge in [-0.1, -0.05) is 0 Å². The molecule has 1 atom stereocenters. The van der Waals surface area contributed by atoms with Gasteiger partial charge in [-0.2, -0.15) is 0 Å². The number of nitrogens with zero attached hydrogens (tertiary/aromatic N) is 2. The highest BCUT2D eigenvalue weighted by Crippen LogP contribution is 2.34. The quantitative estimate of drug-likeness (QED) is 0.502. The molecule has 0 aliphatic carbocycles. The second-order valence-electron chi connectivity index (χ2n) is 5.22. The van der Waals surface area contributed by atoms with Crippen LogP contribution in [-0.4, -0.2) is 41.2 Å². The molecule has 0 radical (unpaired) electrons. The summed E-state index contributed by atoms with van der Waals surface area (Å²) in [6, 6.07) is 3.13. The summed E-state index contributed by atoms with van der Waals surface area (Å²) in [6.45, 7) is 2.43. The van der Waals surface area contributed by atoms with Gasteiger partial charge in [-0.25, -0.2) is 9.59 Å². The monoisotopic (exact) mass is 322 g/mol. The maximum absolute atomic E-state index is 12.1. The summed E-state index contributed by atoms with van der Waals surface area (Å²) < 4.78 is 5.05. The maximum Gasteiger partial charge on any atom is 0.335 e. The van der Waals surface area contributed by atoms with Gasteiger partial charge in [-0.3, -0.25) is 10.1 Å². The van der Waals surface area contributed by atoms with E-state index in [1.54, 1.807) is 11.8 Å². The molecular formula is C15H18N2O6. The highest BCUT2D eigenvalue weighted by atomic mass is 16.6. The van der Waals surface area contributed by atoms with Gasteiger partial charge in [0.1, 0.15) is 11.7 Å². The standard InChI is InChI=1S/C15H18N2O6/c1-2-23-15(20)12-5-3-4-8-16(12)11-7-6-10(14(18)19)9-13(11)17(21)22/h6-7,9,12H,2-5,8H2,1H3,(H,18,19). The van der Waals surface area contributed by atoms with E-state index < -0.39 is 22.9 Å². The average molecular weight is 322 g/mol. The molecule has 0 aromatic heterocycles. The first-order valence-electron chi connectivity index (χ1n) is 7.40. The molecule has 0 saturated carbocycles. The number of carbonyl (C=O) groups excluding carboxylic acids is 1. The number of benzene rings is 1. The van der Waals surface area contributed by atoms with Crippen molar-refractivity contribution in [1.29, 1.82) is 0 Å². The summed E-state index contributed by atoms with van der Waals surface area (Å²) in [5, 5.41) is 20.3. The van der Waals surface area contributed by atoms with Crippen molar-refractivity contribution in [1.82, 2.24) is 0 Å². The Kier molecular flexibility index (Phi) is 5.15. The van der Waals surface area contributed by atoms with E-state index in [9.17, 15) is 19.7 Å². The maximum atomic E-state index is 12.1. The van der Waals surface area contributed by atoms with Crippen LogP contribution in [0.2, 0.25) is 0 Å². The van der Waals surface area contributed by atoms with E-state index in [1.165, 1.54) is 12.1 Å². The third-order valence-corrected chi connectivity index (χ3v) is 3.79. The number of anilines is 1. The molecule has 1 aliphatic rings. The first-order valence-corrected chi connectivity index (χ1v) is 7.40. The third-order valence-electron chi connectivity index (χ3n) is 3.79. The Morgan fingerprint density at radius 1 is 1.43 bits per heavy atom. The molecule has 124 valence electrons. The van der Waals surface area contributed by atoms with Gasteiger partial charge in [-0.15, -0.1) is 0 Å². The van der Waals surface area contributed by atoms with Crippen LogP contribution in [0.5, 0.6) is 0 Å². The fraction of sp³-hybridized carbons (Fsp3) is 0.467. The normalized spacial score (nSPS) is 17.6. The number of nitro benzene ring substituents is 1. The first kappa shape index (κ1) is 16.7. The molecule has 0 spiro atoms. The summed E-state index contributed by atoms with van der Waals surface area (Å²) in [7, 11) is 0. The number of carbonyl (C=O) groups is 2. The fourth-order valence-electron chi connectivity index (χ4n) is 2.75. The van der Waals surface area contributed by atoms with E-state index in [0.29, 0.717) is 13.0 Å². The van der Waals surface area contributed by atoms with E-state index in [0.717, 1.165) is 18.9 Å². The van der Waals surface area contributed by atoms with E-state index in [4.69, 9.17) is 9.84 Å². The number of rotatable bonds is 5. The molecule has 8 heteroatoms. The number of ether oxygens (including phenoxy) is 1. The van der Waals surface area contributed by atoms with Crippen LogP contribution in [0.15, 0.2) is 18.2 Å². The van der Waals surface area contributed by atoms with Crippen LogP contribution < -0.4 is 4.90 Å². The molecular weight excluding hydrogens is 304 g/mol. The van der Waals surface area contributed by atoms with Crippen molar-refractivity contribution >= 4 is 23.3 Å². The van der Waals surface area contributed by atoms with Gasteiger partial charge < -0.3 is 14.7 Å². The highest BCUT2D eigenvalue weighted by molar-refractivity contribution is 5.90. The molecule has 8 nitrogen and oxygen atoms in total. The Balaban J connectivity index is 2.43. The van der Waals surface area contributed by atoms with Crippen LogP contribution in [0.1, 0.15) is 36.5 Å². The molecule has 1 saturated heterocycles. The first-order chi connectivity index (χ1) is 11.0. The zero-order valence-electron chi connectivity index (χ0n) is 12.7. The summed E-state index contributed by atoms with van der Waals surface area (Å²) in [5.74, 6) is -1.65. The second kappa shape index (κ2) is 7.08. The summed E-state index contributed by atoms with van der Waals surface area (Å²) in [5.41, 5.74) is -0.232. The molecule has 1 heterocycles. The van der Waals surface area contributed by atoms with Gasteiger partial charge in [-0.05, 0) is 38.3 Å². The minimum Gasteiger partial charge on any atom is -0.478 e. The van der Waals surface area contributed by atoms with Crippen LogP contribution in [0.25, 0.3) is 0 Å². The van der Waals surface area contributed by atoms with Crippen molar-refractivity contribution in [2.24, 2.45) is 0 Å². The van der Waals surface area contributed by atoms with Gasteiger partial charge >= 0.3 is 11.9 Å². The number of nitro groups is 1. The van der Waals surface area contributed by atoms with Crippen LogP contribution in [0, 0.1) is 10.1 Å². The molecule has 1 aromatic rings. The molecule has 1 N–H and O–H groups in total. The van der Waals surface area contributed by atoms with Gasteiger partial charge in [0.2, 0.25) is 0 Å². The van der Waals surface area contributed by atoms with E-state index in [1.807, 2.05) is 0 Å². The number of carboxylic acid groups (broad SMARTS) is 1. The second-order valence-corrected chi connectivity index (χ2v) is 5.22. The van der Waals surface area contributed by atoms with Crippen LogP contribution in [-0.2, 0) is 9.53 Å². The van der Waals surface area contributed by atoms with Crippen molar-refractivity contribution in [2.75, 3.05) is 18.1 Å². The van der Waals surface area contributed by atoms with Crippen LogP contribution in [0.3, 0.4) is 0 Å². The van der Waals surface area contributed by atoms with E-state index in [2.05, 4.69) is 0 Å². The molecule has 23 heavy (non-hydrogen) atoms. The lowest BCUT2D eigenvalue weighted by molar-refractivity contribution is -0.384. The predicted molar refractivity (Wildman–Crippen MR) is 81.7 cm³/mol. The van der Waals surface area contributed by atoms with Gasteiger partial charge in [0.15, 0.2) is 0 Å². The Morgan fingerprint density at radius 3 is 2.78 bits per heavy atom. The smallest absolute Gasteiger partial charge is 0.335 e. The minimum absolute atomic E-state index is 0.162. The number of carboxylic acids is 1. The average Bonchev–Trinajstić information content (AvgIpc) is 2.54. The van der Waals surface area contributed by atoms with Gasteiger partial charge in [0.25, 0.3) is 5.69 Å². The Bertz CT molecular complexity index is 630. The van der Waals surface area contributed by atoms with E-state index in [-0.39, 0.29) is 23.5 Å². The zero-order valence-corrected chi connectivity index (χ0v) is 12.7. The zero-order chi connectivity index (χ0) is 17.0.